The Hall–Kier alpha value is -4.00. The first-order chi connectivity index (χ1) is 14.3. The highest BCUT2D eigenvalue weighted by molar-refractivity contribution is 6.11. The van der Waals surface area contributed by atoms with Crippen molar-refractivity contribution in [2.24, 2.45) is 0 Å². The summed E-state index contributed by atoms with van der Waals surface area (Å²) in [6, 6.07) is 18.5. The highest BCUT2D eigenvalue weighted by Gasteiger charge is 2.14. The number of ether oxygens (including phenoxy) is 3. The fourth-order valence-corrected chi connectivity index (χ4v) is 3.23. The average Bonchev–Trinajstić information content (AvgIpc) is 3.41. The molecule has 0 bridgehead atoms. The number of rotatable bonds is 5. The molecule has 2 heterocycles. The second-order valence-corrected chi connectivity index (χ2v) is 6.60. The van der Waals surface area contributed by atoms with Crippen molar-refractivity contribution in [2.75, 3.05) is 12.1 Å². The molecule has 4 aromatic rings. The fraction of sp³-hybridized carbons (Fsp3) is 0.0909. The second-order valence-electron chi connectivity index (χ2n) is 6.60. The van der Waals surface area contributed by atoms with Gasteiger partial charge in [0.2, 0.25) is 6.79 Å². The number of H-pyrrole nitrogens is 1. The van der Waals surface area contributed by atoms with E-state index in [1.807, 2.05) is 48.5 Å². The fourth-order valence-electron chi connectivity index (χ4n) is 3.23. The van der Waals surface area contributed by atoms with Gasteiger partial charge in [0.25, 0.3) is 5.91 Å². The van der Waals surface area contributed by atoms with Crippen molar-refractivity contribution < 1.29 is 19.0 Å². The number of carbonyl (C=O) groups excluding carboxylic acids is 1. The summed E-state index contributed by atoms with van der Waals surface area (Å²) >= 11 is 0. The Balaban J connectivity index is 1.28. The van der Waals surface area contributed by atoms with Gasteiger partial charge < -0.3 is 19.5 Å². The minimum atomic E-state index is -0.200. The SMILES string of the molecule is O=C(Nc1cccc(COc2ccc3c(c2)OCO3)c1)c1cccc2cn[nH]c12. The maximum Gasteiger partial charge on any atom is 0.257 e. The molecule has 7 heteroatoms. The lowest BCUT2D eigenvalue weighted by molar-refractivity contribution is 0.102. The summed E-state index contributed by atoms with van der Waals surface area (Å²) < 4.78 is 16.5. The lowest BCUT2D eigenvalue weighted by Crippen LogP contribution is -2.12. The van der Waals surface area contributed by atoms with Gasteiger partial charge >= 0.3 is 0 Å². The normalized spacial score (nSPS) is 12.1. The summed E-state index contributed by atoms with van der Waals surface area (Å²) in [5.74, 6) is 1.88. The number of nitrogens with zero attached hydrogens (tertiary/aromatic N) is 1. The van der Waals surface area contributed by atoms with E-state index in [2.05, 4.69) is 15.5 Å². The van der Waals surface area contributed by atoms with E-state index in [0.717, 1.165) is 10.9 Å². The molecule has 0 unspecified atom stereocenters. The number of hydrogen-bond acceptors (Lipinski definition) is 5. The molecule has 0 aliphatic carbocycles. The molecular formula is C22H17N3O4. The van der Waals surface area contributed by atoms with Crippen LogP contribution in [0, 0.1) is 0 Å². The van der Waals surface area contributed by atoms with Gasteiger partial charge in [-0.3, -0.25) is 9.89 Å². The van der Waals surface area contributed by atoms with Crippen molar-refractivity contribution in [2.45, 2.75) is 6.61 Å². The van der Waals surface area contributed by atoms with Gasteiger partial charge in [0.05, 0.1) is 17.3 Å². The van der Waals surface area contributed by atoms with Crippen LogP contribution in [0.2, 0.25) is 0 Å². The highest BCUT2D eigenvalue weighted by Crippen LogP contribution is 2.35. The van der Waals surface area contributed by atoms with E-state index in [4.69, 9.17) is 14.2 Å². The molecule has 1 aliphatic rings. The molecule has 5 rings (SSSR count). The molecule has 3 aromatic carbocycles. The van der Waals surface area contributed by atoms with E-state index < -0.39 is 0 Å². The number of hydrogen-bond donors (Lipinski definition) is 2. The lowest BCUT2D eigenvalue weighted by atomic mass is 10.1. The maximum atomic E-state index is 12.7. The molecule has 7 nitrogen and oxygen atoms in total. The third-order valence-electron chi connectivity index (χ3n) is 4.66. The molecule has 0 radical (unpaired) electrons. The van der Waals surface area contributed by atoms with Crippen molar-refractivity contribution in [1.82, 2.24) is 10.2 Å². The Morgan fingerprint density at radius 2 is 1.97 bits per heavy atom. The van der Waals surface area contributed by atoms with Crippen LogP contribution in [0.15, 0.2) is 66.9 Å². The smallest absolute Gasteiger partial charge is 0.257 e. The number of fused-ring (bicyclic) bond motifs is 2. The number of carbonyl (C=O) groups is 1. The zero-order valence-electron chi connectivity index (χ0n) is 15.3. The van der Waals surface area contributed by atoms with Gasteiger partial charge in [-0.05, 0) is 35.9 Å². The number of aromatic amines is 1. The van der Waals surface area contributed by atoms with Crippen LogP contribution < -0.4 is 19.5 Å². The van der Waals surface area contributed by atoms with E-state index in [9.17, 15) is 4.79 Å². The van der Waals surface area contributed by atoms with Crippen LogP contribution in [0.5, 0.6) is 17.2 Å². The Bertz CT molecular complexity index is 1200. The molecule has 0 saturated carbocycles. The van der Waals surface area contributed by atoms with Crippen LogP contribution >= 0.6 is 0 Å². The van der Waals surface area contributed by atoms with E-state index in [-0.39, 0.29) is 12.7 Å². The van der Waals surface area contributed by atoms with Crippen molar-refractivity contribution in [3.63, 3.8) is 0 Å². The summed E-state index contributed by atoms with van der Waals surface area (Å²) in [4.78, 5) is 12.7. The summed E-state index contributed by atoms with van der Waals surface area (Å²) in [7, 11) is 0. The van der Waals surface area contributed by atoms with E-state index in [1.54, 1.807) is 18.3 Å². The number of anilines is 1. The summed E-state index contributed by atoms with van der Waals surface area (Å²) in [6.45, 7) is 0.590. The molecule has 0 atom stereocenters. The number of aromatic nitrogens is 2. The first kappa shape index (κ1) is 17.1. The second kappa shape index (κ2) is 7.20. The molecule has 0 fully saturated rings. The van der Waals surface area contributed by atoms with Crippen LogP contribution in [0.25, 0.3) is 10.9 Å². The van der Waals surface area contributed by atoms with Crippen molar-refractivity contribution in [3.05, 3.63) is 78.0 Å². The lowest BCUT2D eigenvalue weighted by Gasteiger charge is -2.10. The third-order valence-corrected chi connectivity index (χ3v) is 4.66. The number of amides is 1. The van der Waals surface area contributed by atoms with Gasteiger partial charge in [0.1, 0.15) is 12.4 Å². The van der Waals surface area contributed by atoms with E-state index in [0.29, 0.717) is 40.6 Å². The Kier molecular flexibility index (Phi) is 4.25. The molecule has 1 aromatic heterocycles. The average molecular weight is 387 g/mol. The number of benzene rings is 3. The van der Waals surface area contributed by atoms with Gasteiger partial charge in [-0.25, -0.2) is 0 Å². The predicted molar refractivity (Wildman–Crippen MR) is 107 cm³/mol. The summed E-state index contributed by atoms with van der Waals surface area (Å²) in [5, 5.41) is 10.7. The Morgan fingerprint density at radius 3 is 2.93 bits per heavy atom. The van der Waals surface area contributed by atoms with Gasteiger partial charge in [-0.1, -0.05) is 24.3 Å². The maximum absolute atomic E-state index is 12.7. The molecule has 0 saturated heterocycles. The van der Waals surface area contributed by atoms with Crippen LogP contribution in [-0.4, -0.2) is 22.9 Å². The minimum Gasteiger partial charge on any atom is -0.489 e. The molecule has 2 N–H and O–H groups in total. The molecular weight excluding hydrogens is 370 g/mol. The van der Waals surface area contributed by atoms with Gasteiger partial charge in [-0.15, -0.1) is 0 Å². The van der Waals surface area contributed by atoms with Crippen molar-refractivity contribution >= 4 is 22.5 Å². The zero-order valence-corrected chi connectivity index (χ0v) is 15.3. The van der Waals surface area contributed by atoms with Crippen molar-refractivity contribution in [1.29, 1.82) is 0 Å². The Labute approximate surface area is 166 Å². The number of nitrogens with one attached hydrogen (secondary N) is 2. The highest BCUT2D eigenvalue weighted by atomic mass is 16.7. The molecule has 1 amide bonds. The zero-order chi connectivity index (χ0) is 19.6. The Morgan fingerprint density at radius 1 is 1.07 bits per heavy atom. The van der Waals surface area contributed by atoms with Gasteiger partial charge in [-0.2, -0.15) is 5.10 Å². The number of para-hydroxylation sites is 1. The third kappa shape index (κ3) is 3.45. The van der Waals surface area contributed by atoms with Crippen molar-refractivity contribution in [3.8, 4) is 17.2 Å². The standard InChI is InChI=1S/C22H17N3O4/c26-22(18-6-2-4-15-11-23-25-21(15)18)24-16-5-1-3-14(9-16)12-27-17-7-8-19-20(10-17)29-13-28-19/h1-11H,12-13H2,(H,23,25)(H,24,26). The van der Waals surface area contributed by atoms with E-state index in [1.165, 1.54) is 0 Å². The molecule has 144 valence electrons. The molecule has 1 aliphatic heterocycles. The first-order valence-corrected chi connectivity index (χ1v) is 9.11. The van der Waals surface area contributed by atoms with Crippen LogP contribution in [0.1, 0.15) is 15.9 Å². The minimum absolute atomic E-state index is 0.200. The quantitative estimate of drug-likeness (QED) is 0.538. The van der Waals surface area contributed by atoms with Crippen LogP contribution in [-0.2, 0) is 6.61 Å². The van der Waals surface area contributed by atoms with Gasteiger partial charge in [0, 0.05) is 17.1 Å². The monoisotopic (exact) mass is 387 g/mol. The van der Waals surface area contributed by atoms with Gasteiger partial charge in [0.15, 0.2) is 11.5 Å². The largest absolute Gasteiger partial charge is 0.489 e. The summed E-state index contributed by atoms with van der Waals surface area (Å²) in [6.07, 6.45) is 1.69. The first-order valence-electron chi connectivity index (χ1n) is 9.11. The van der Waals surface area contributed by atoms with E-state index >= 15 is 0 Å². The topological polar surface area (TPSA) is 85.5 Å². The summed E-state index contributed by atoms with van der Waals surface area (Å²) in [5.41, 5.74) is 2.88. The van der Waals surface area contributed by atoms with Crippen LogP contribution in [0.4, 0.5) is 5.69 Å². The van der Waals surface area contributed by atoms with Crippen LogP contribution in [0.3, 0.4) is 0 Å². The predicted octanol–water partition coefficient (Wildman–Crippen LogP) is 4.12. The molecule has 29 heavy (non-hydrogen) atoms. The molecule has 0 spiro atoms.